The van der Waals surface area contributed by atoms with Crippen molar-refractivity contribution in [3.05, 3.63) is 0 Å². The molecule has 1 unspecified atom stereocenters. The van der Waals surface area contributed by atoms with Crippen molar-refractivity contribution in [1.29, 1.82) is 0 Å². The zero-order valence-corrected chi connectivity index (χ0v) is 13.5. The second-order valence-electron chi connectivity index (χ2n) is 6.96. The molecule has 0 radical (unpaired) electrons. The van der Waals surface area contributed by atoms with E-state index in [1.165, 1.54) is 0 Å². The van der Waals surface area contributed by atoms with E-state index in [1.54, 1.807) is 0 Å². The Labute approximate surface area is 119 Å². The Morgan fingerprint density at radius 2 is 1.84 bits per heavy atom. The van der Waals surface area contributed by atoms with Crippen LogP contribution in [-0.4, -0.2) is 27.6 Å². The molecule has 0 spiro atoms. The van der Waals surface area contributed by atoms with Crippen molar-refractivity contribution in [1.82, 2.24) is 5.32 Å². The number of Topliss-reactive ketones (excluding diaryl/α,β-unsaturated/α-hetero) is 1. The molecular formula is C14H24N2O2S. The molecule has 0 saturated carbocycles. The minimum absolute atomic E-state index is 0.0356. The number of carbonyl (C=O) groups excluding carboxylic acids is 2. The van der Waals surface area contributed by atoms with E-state index >= 15 is 0 Å². The van der Waals surface area contributed by atoms with Gasteiger partial charge in [0.15, 0.2) is 5.17 Å². The number of thioether (sulfide) groups is 1. The molecule has 1 rings (SSSR count). The Bertz CT molecular complexity index is 403. The lowest BCUT2D eigenvalue weighted by molar-refractivity contribution is -0.126. The number of nitrogens with one attached hydrogen (secondary N) is 1. The number of hydrogen-bond donors (Lipinski definition) is 1. The van der Waals surface area contributed by atoms with Crippen LogP contribution in [0.4, 0.5) is 0 Å². The summed E-state index contributed by atoms with van der Waals surface area (Å²) in [7, 11) is 0. The molecule has 0 aromatic carbocycles. The van der Waals surface area contributed by atoms with Crippen LogP contribution in [-0.2, 0) is 9.59 Å². The highest BCUT2D eigenvalue weighted by molar-refractivity contribution is 8.26. The number of nitrogens with zero attached hydrogens (tertiary/aromatic N) is 1. The maximum atomic E-state index is 11.9. The molecule has 0 bridgehead atoms. The average Bonchev–Trinajstić information content (AvgIpc) is 2.50. The smallest absolute Gasteiger partial charge is 0.221 e. The maximum Gasteiger partial charge on any atom is 0.221 e. The van der Waals surface area contributed by atoms with Crippen LogP contribution in [0.15, 0.2) is 4.99 Å². The van der Waals surface area contributed by atoms with Gasteiger partial charge in [-0.15, -0.1) is 0 Å². The van der Waals surface area contributed by atoms with Crippen molar-refractivity contribution in [2.75, 3.05) is 0 Å². The molecule has 1 aliphatic heterocycles. The van der Waals surface area contributed by atoms with Gasteiger partial charge in [0.25, 0.3) is 0 Å². The fourth-order valence-electron chi connectivity index (χ4n) is 1.59. The van der Waals surface area contributed by atoms with Gasteiger partial charge in [-0.25, -0.2) is 4.99 Å². The normalized spacial score (nSPS) is 20.4. The van der Waals surface area contributed by atoms with Gasteiger partial charge in [0.05, 0.1) is 0 Å². The van der Waals surface area contributed by atoms with Crippen LogP contribution in [0.1, 0.15) is 54.4 Å². The van der Waals surface area contributed by atoms with Gasteiger partial charge in [0.1, 0.15) is 11.8 Å². The number of rotatable bonds is 3. The van der Waals surface area contributed by atoms with Gasteiger partial charge in [0, 0.05) is 17.4 Å². The summed E-state index contributed by atoms with van der Waals surface area (Å²) >= 11 is 1.15. The van der Waals surface area contributed by atoms with E-state index in [4.69, 9.17) is 0 Å². The molecule has 1 N–H and O–H groups in total. The zero-order valence-electron chi connectivity index (χ0n) is 12.7. The van der Waals surface area contributed by atoms with Crippen LogP contribution >= 0.6 is 11.8 Å². The first-order valence-electron chi connectivity index (χ1n) is 6.60. The largest absolute Gasteiger partial charge is 0.360 e. The van der Waals surface area contributed by atoms with Crippen molar-refractivity contribution < 1.29 is 9.59 Å². The van der Waals surface area contributed by atoms with E-state index in [-0.39, 0.29) is 27.9 Å². The Hall–Kier alpha value is -0.840. The molecule has 1 aliphatic rings. The zero-order chi connectivity index (χ0) is 14.8. The molecule has 19 heavy (non-hydrogen) atoms. The second-order valence-corrected chi connectivity index (χ2v) is 7.95. The lowest BCUT2D eigenvalue weighted by Crippen LogP contribution is -2.38. The fraction of sp³-hybridized carbons (Fsp3) is 0.786. The summed E-state index contributed by atoms with van der Waals surface area (Å²) in [6, 6.07) is -0.374. The Morgan fingerprint density at radius 1 is 1.26 bits per heavy atom. The van der Waals surface area contributed by atoms with E-state index in [1.807, 2.05) is 41.5 Å². The van der Waals surface area contributed by atoms with Gasteiger partial charge < -0.3 is 5.32 Å². The van der Waals surface area contributed by atoms with Crippen molar-refractivity contribution in [2.24, 2.45) is 10.4 Å². The highest BCUT2D eigenvalue weighted by Crippen LogP contribution is 2.25. The van der Waals surface area contributed by atoms with E-state index < -0.39 is 0 Å². The summed E-state index contributed by atoms with van der Waals surface area (Å²) in [4.78, 5) is 28.1. The van der Waals surface area contributed by atoms with Gasteiger partial charge in [-0.3, -0.25) is 9.59 Å². The van der Waals surface area contributed by atoms with Crippen LogP contribution in [0.3, 0.4) is 0 Å². The number of hydrogen-bond acceptors (Lipinski definition) is 5. The molecular weight excluding hydrogens is 260 g/mol. The predicted molar refractivity (Wildman–Crippen MR) is 80.4 cm³/mol. The maximum absolute atomic E-state index is 11.9. The third-order valence-electron chi connectivity index (χ3n) is 2.71. The summed E-state index contributed by atoms with van der Waals surface area (Å²) in [5.41, 5.74) is -0.451. The Balaban J connectivity index is 2.56. The molecule has 0 amide bonds. The molecule has 1 atom stereocenters. The summed E-state index contributed by atoms with van der Waals surface area (Å²) in [5.74, 6) is 0.178. The van der Waals surface area contributed by atoms with Crippen molar-refractivity contribution >= 4 is 27.8 Å². The minimum atomic E-state index is -0.374. The number of carbonyl (C=O) groups is 2. The number of amidine groups is 1. The van der Waals surface area contributed by atoms with Crippen molar-refractivity contribution in [3.63, 3.8) is 0 Å². The van der Waals surface area contributed by atoms with E-state index in [0.29, 0.717) is 18.0 Å². The third-order valence-corrected chi connectivity index (χ3v) is 3.58. The molecule has 4 nitrogen and oxygen atoms in total. The number of ketones is 1. The lowest BCUT2D eigenvalue weighted by atomic mass is 9.87. The minimum Gasteiger partial charge on any atom is -0.360 e. The summed E-state index contributed by atoms with van der Waals surface area (Å²) in [5, 5.41) is 3.91. The monoisotopic (exact) mass is 284 g/mol. The summed E-state index contributed by atoms with van der Waals surface area (Å²) < 4.78 is 0. The van der Waals surface area contributed by atoms with Crippen LogP contribution in [0, 0.1) is 5.41 Å². The van der Waals surface area contributed by atoms with Crippen LogP contribution < -0.4 is 5.32 Å². The topological polar surface area (TPSA) is 58.5 Å². The van der Waals surface area contributed by atoms with Crippen molar-refractivity contribution in [2.45, 2.75) is 66.0 Å². The molecule has 5 heteroatoms. The molecule has 108 valence electrons. The van der Waals surface area contributed by atoms with Gasteiger partial charge in [0.2, 0.25) is 5.12 Å². The Kier molecular flexibility index (Phi) is 4.82. The molecule has 0 aromatic heterocycles. The predicted octanol–water partition coefficient (Wildman–Crippen LogP) is 2.77. The highest BCUT2D eigenvalue weighted by Gasteiger charge is 2.31. The van der Waals surface area contributed by atoms with Crippen molar-refractivity contribution in [3.8, 4) is 0 Å². The average molecular weight is 284 g/mol. The highest BCUT2D eigenvalue weighted by atomic mass is 32.2. The van der Waals surface area contributed by atoms with Gasteiger partial charge in [-0.2, -0.15) is 0 Å². The molecule has 0 aliphatic carbocycles. The first-order chi connectivity index (χ1) is 8.49. The van der Waals surface area contributed by atoms with Gasteiger partial charge >= 0.3 is 0 Å². The first-order valence-corrected chi connectivity index (χ1v) is 7.42. The van der Waals surface area contributed by atoms with Crippen LogP contribution in [0.5, 0.6) is 0 Å². The second kappa shape index (κ2) is 5.65. The Morgan fingerprint density at radius 3 is 2.32 bits per heavy atom. The molecule has 0 saturated heterocycles. The third kappa shape index (κ3) is 5.35. The van der Waals surface area contributed by atoms with Crippen LogP contribution in [0.2, 0.25) is 0 Å². The number of aliphatic imine (C=N–C) groups is 1. The van der Waals surface area contributed by atoms with E-state index in [2.05, 4.69) is 10.3 Å². The van der Waals surface area contributed by atoms with Gasteiger partial charge in [-0.1, -0.05) is 20.8 Å². The molecule has 0 aromatic rings. The summed E-state index contributed by atoms with van der Waals surface area (Å²) in [6.07, 6.45) is 0.921. The standard InChI is InChI=1S/C14H24N2O2S/c1-13(2,3)10(17)8-7-9-11(18)19-12(15-9)16-14(4,5)6/h9H,7-8H2,1-6H3,(H,15,16). The van der Waals surface area contributed by atoms with E-state index in [0.717, 1.165) is 11.8 Å². The summed E-state index contributed by atoms with van der Waals surface area (Å²) in [6.45, 7) is 11.8. The van der Waals surface area contributed by atoms with E-state index in [9.17, 15) is 9.59 Å². The molecule has 1 heterocycles. The lowest BCUT2D eigenvalue weighted by Gasteiger charge is -2.20. The first kappa shape index (κ1) is 16.2. The SMILES string of the molecule is CC(C)(C)NC1=NC(CCC(=O)C(C)(C)C)C(=O)S1. The quantitative estimate of drug-likeness (QED) is 0.865. The van der Waals surface area contributed by atoms with Crippen LogP contribution in [0.25, 0.3) is 0 Å². The fourth-order valence-corrected chi connectivity index (χ4v) is 2.62. The molecule has 0 fully saturated rings. The van der Waals surface area contributed by atoms with Gasteiger partial charge in [-0.05, 0) is 39.0 Å².